The van der Waals surface area contributed by atoms with Gasteiger partial charge in [-0.2, -0.15) is 13.2 Å². The number of carbonyl (C=O) groups excluding carboxylic acids is 1. The van der Waals surface area contributed by atoms with Gasteiger partial charge in [0.15, 0.2) is 0 Å². The van der Waals surface area contributed by atoms with Crippen molar-refractivity contribution in [2.45, 2.75) is 38.8 Å². The van der Waals surface area contributed by atoms with Gasteiger partial charge in [-0.25, -0.2) is 0 Å². The van der Waals surface area contributed by atoms with Crippen molar-refractivity contribution in [1.29, 1.82) is 0 Å². The Balaban J connectivity index is 2.97. The van der Waals surface area contributed by atoms with Crippen molar-refractivity contribution in [3.05, 3.63) is 35.4 Å². The highest BCUT2D eigenvalue weighted by Crippen LogP contribution is 2.32. The van der Waals surface area contributed by atoms with Crippen LogP contribution in [0.1, 0.15) is 37.3 Å². The number of hydrogen-bond acceptors (Lipinski definition) is 2. The molecule has 0 aromatic heterocycles. The smallest absolute Gasteiger partial charge is 0.390 e. The van der Waals surface area contributed by atoms with E-state index in [1.54, 1.807) is 31.2 Å². The summed E-state index contributed by atoms with van der Waals surface area (Å²) in [7, 11) is 0. The summed E-state index contributed by atoms with van der Waals surface area (Å²) < 4.78 is 42.3. The van der Waals surface area contributed by atoms with Crippen LogP contribution in [0.2, 0.25) is 0 Å². The minimum absolute atomic E-state index is 0.0697. The molecule has 1 unspecified atom stereocenters. The average Bonchev–Trinajstić information content (AvgIpc) is 2.35. The number of rotatable bonds is 5. The van der Waals surface area contributed by atoms with E-state index in [1.165, 1.54) is 0 Å². The summed E-state index contributed by atoms with van der Waals surface area (Å²) in [5, 5.41) is 0. The van der Waals surface area contributed by atoms with Crippen LogP contribution in [0.5, 0.6) is 0 Å². The average molecular weight is 274 g/mol. The lowest BCUT2D eigenvalue weighted by Crippen LogP contribution is -2.22. The van der Waals surface area contributed by atoms with Crippen LogP contribution in [0.25, 0.3) is 0 Å². The Morgan fingerprint density at radius 2 is 1.79 bits per heavy atom. The monoisotopic (exact) mass is 274 g/mol. The molecule has 1 rings (SSSR count). The number of esters is 1. The summed E-state index contributed by atoms with van der Waals surface area (Å²) in [5.41, 5.74) is 1.35. The molecule has 0 aliphatic rings. The van der Waals surface area contributed by atoms with Crippen LogP contribution >= 0.6 is 0 Å². The predicted octanol–water partition coefficient (Wildman–Crippen LogP) is 3.85. The minimum Gasteiger partial charge on any atom is -0.466 e. The van der Waals surface area contributed by atoms with Gasteiger partial charge in [0.05, 0.1) is 18.9 Å². The SMILES string of the molecule is CCOC(=O)C(CC(F)(F)F)c1ccc(CC)cc1. The standard InChI is InChI=1S/C14H17F3O2/c1-3-10-5-7-11(8-6-10)12(9-14(15,16)17)13(18)19-4-2/h5-8,12H,3-4,9H2,1-2H3. The van der Waals surface area contributed by atoms with Gasteiger partial charge in [0.1, 0.15) is 0 Å². The maximum absolute atomic E-state index is 12.5. The highest BCUT2D eigenvalue weighted by atomic mass is 19.4. The zero-order valence-electron chi connectivity index (χ0n) is 11.0. The van der Waals surface area contributed by atoms with Gasteiger partial charge in [-0.1, -0.05) is 31.2 Å². The van der Waals surface area contributed by atoms with Crippen molar-refractivity contribution >= 4 is 5.97 Å². The third kappa shape index (κ3) is 4.93. The highest BCUT2D eigenvalue weighted by Gasteiger charge is 2.37. The number of carbonyl (C=O) groups is 1. The minimum atomic E-state index is -4.40. The second-order valence-electron chi connectivity index (χ2n) is 4.22. The molecule has 2 nitrogen and oxygen atoms in total. The van der Waals surface area contributed by atoms with Crippen molar-refractivity contribution in [1.82, 2.24) is 0 Å². The Kier molecular flexibility index (Phi) is 5.39. The van der Waals surface area contributed by atoms with E-state index in [1.807, 2.05) is 6.92 Å². The van der Waals surface area contributed by atoms with Crippen molar-refractivity contribution in [2.24, 2.45) is 0 Å². The summed E-state index contributed by atoms with van der Waals surface area (Å²) >= 11 is 0. The molecule has 0 spiro atoms. The van der Waals surface area contributed by atoms with Crippen molar-refractivity contribution in [2.75, 3.05) is 6.61 Å². The molecular weight excluding hydrogens is 257 g/mol. The molecule has 1 aromatic carbocycles. The first-order valence-electron chi connectivity index (χ1n) is 6.19. The molecule has 1 atom stereocenters. The first-order chi connectivity index (χ1) is 8.87. The van der Waals surface area contributed by atoms with Crippen molar-refractivity contribution < 1.29 is 22.7 Å². The van der Waals surface area contributed by atoms with Crippen LogP contribution in [0, 0.1) is 0 Å². The third-order valence-corrected chi connectivity index (χ3v) is 2.80. The molecule has 0 fully saturated rings. The quantitative estimate of drug-likeness (QED) is 0.762. The van der Waals surface area contributed by atoms with E-state index in [0.29, 0.717) is 5.56 Å². The van der Waals surface area contributed by atoms with Gasteiger partial charge in [-0.15, -0.1) is 0 Å². The molecule has 0 N–H and O–H groups in total. The molecule has 0 amide bonds. The van der Waals surface area contributed by atoms with E-state index in [4.69, 9.17) is 4.74 Å². The van der Waals surface area contributed by atoms with E-state index in [0.717, 1.165) is 12.0 Å². The van der Waals surface area contributed by atoms with Crippen LogP contribution in [-0.4, -0.2) is 18.8 Å². The fourth-order valence-electron chi connectivity index (χ4n) is 1.80. The highest BCUT2D eigenvalue weighted by molar-refractivity contribution is 5.78. The second kappa shape index (κ2) is 6.59. The summed E-state index contributed by atoms with van der Waals surface area (Å²) in [6.07, 6.45) is -4.80. The Labute approximate surface area is 110 Å². The first kappa shape index (κ1) is 15.5. The Morgan fingerprint density at radius 3 is 2.21 bits per heavy atom. The molecule has 5 heteroatoms. The Hall–Kier alpha value is -1.52. The van der Waals surface area contributed by atoms with Crippen molar-refractivity contribution in [3.8, 4) is 0 Å². The molecule has 0 bridgehead atoms. The van der Waals surface area contributed by atoms with Gasteiger partial charge in [-0.05, 0) is 24.5 Å². The van der Waals surface area contributed by atoms with Crippen LogP contribution < -0.4 is 0 Å². The molecule has 19 heavy (non-hydrogen) atoms. The van der Waals surface area contributed by atoms with E-state index < -0.39 is 24.5 Å². The molecule has 0 saturated carbocycles. The fraction of sp³-hybridized carbons (Fsp3) is 0.500. The van der Waals surface area contributed by atoms with E-state index in [2.05, 4.69) is 0 Å². The molecule has 1 aromatic rings. The molecular formula is C14H17F3O2. The van der Waals surface area contributed by atoms with Crippen molar-refractivity contribution in [3.63, 3.8) is 0 Å². The topological polar surface area (TPSA) is 26.3 Å². The molecule has 0 saturated heterocycles. The lowest BCUT2D eigenvalue weighted by atomic mass is 9.94. The van der Waals surface area contributed by atoms with Crippen LogP contribution in [-0.2, 0) is 16.0 Å². The van der Waals surface area contributed by atoms with E-state index in [9.17, 15) is 18.0 Å². The number of ether oxygens (including phenoxy) is 1. The number of aryl methyl sites for hydroxylation is 1. The van der Waals surface area contributed by atoms with E-state index >= 15 is 0 Å². The van der Waals surface area contributed by atoms with Crippen LogP contribution in [0.3, 0.4) is 0 Å². The van der Waals surface area contributed by atoms with E-state index in [-0.39, 0.29) is 6.61 Å². The van der Waals surface area contributed by atoms with Gasteiger partial charge >= 0.3 is 12.1 Å². The van der Waals surface area contributed by atoms with Gasteiger partial charge < -0.3 is 4.74 Å². The predicted molar refractivity (Wildman–Crippen MR) is 65.9 cm³/mol. The zero-order chi connectivity index (χ0) is 14.5. The molecule has 0 aliphatic heterocycles. The first-order valence-corrected chi connectivity index (χ1v) is 6.19. The fourth-order valence-corrected chi connectivity index (χ4v) is 1.80. The van der Waals surface area contributed by atoms with Crippen LogP contribution in [0.15, 0.2) is 24.3 Å². The Morgan fingerprint density at radius 1 is 1.21 bits per heavy atom. The lowest BCUT2D eigenvalue weighted by molar-refractivity contribution is -0.161. The zero-order valence-corrected chi connectivity index (χ0v) is 11.0. The summed E-state index contributed by atoms with van der Waals surface area (Å²) in [4.78, 5) is 11.7. The van der Waals surface area contributed by atoms with Gasteiger partial charge in [0, 0.05) is 0 Å². The number of alkyl halides is 3. The van der Waals surface area contributed by atoms with Crippen LogP contribution in [0.4, 0.5) is 13.2 Å². The summed E-state index contributed by atoms with van der Waals surface area (Å²) in [6.45, 7) is 3.59. The maximum Gasteiger partial charge on any atom is 0.390 e. The lowest BCUT2D eigenvalue weighted by Gasteiger charge is -2.18. The number of hydrogen-bond donors (Lipinski definition) is 0. The Bertz CT molecular complexity index is 410. The van der Waals surface area contributed by atoms with Gasteiger partial charge in [0.25, 0.3) is 0 Å². The molecule has 106 valence electrons. The summed E-state index contributed by atoms with van der Waals surface area (Å²) in [5.74, 6) is -2.12. The molecule has 0 radical (unpaired) electrons. The third-order valence-electron chi connectivity index (χ3n) is 2.80. The largest absolute Gasteiger partial charge is 0.466 e. The number of benzene rings is 1. The maximum atomic E-state index is 12.5. The van der Waals surface area contributed by atoms with Gasteiger partial charge in [-0.3, -0.25) is 4.79 Å². The molecule has 0 heterocycles. The molecule has 0 aliphatic carbocycles. The normalized spacial score (nSPS) is 13.1. The number of halogens is 3. The van der Waals surface area contributed by atoms with Gasteiger partial charge in [0.2, 0.25) is 0 Å². The second-order valence-corrected chi connectivity index (χ2v) is 4.22. The summed E-state index contributed by atoms with van der Waals surface area (Å²) in [6, 6.07) is 6.59.